The average molecular weight is 274 g/mol. The van der Waals surface area contributed by atoms with Crippen LogP contribution in [0.4, 0.5) is 13.2 Å². The van der Waals surface area contributed by atoms with Gasteiger partial charge in [0.05, 0.1) is 0 Å². The Bertz CT molecular complexity index is 442. The smallest absolute Gasteiger partial charge is 0.315 e. The summed E-state index contributed by atoms with van der Waals surface area (Å²) in [6, 6.07) is 0.129. The molecule has 1 aliphatic carbocycles. The Labute approximate surface area is 109 Å². The quantitative estimate of drug-likeness (QED) is 0.899. The Balaban J connectivity index is 2.02. The van der Waals surface area contributed by atoms with Gasteiger partial charge in [-0.3, -0.25) is 0 Å². The summed E-state index contributed by atoms with van der Waals surface area (Å²) in [5.74, 6) is 0.0944. The van der Waals surface area contributed by atoms with Gasteiger partial charge in [-0.25, -0.2) is 0 Å². The van der Waals surface area contributed by atoms with Crippen LogP contribution in [0.1, 0.15) is 44.0 Å². The van der Waals surface area contributed by atoms with E-state index in [9.17, 15) is 13.2 Å². The molecule has 2 aliphatic rings. The molecule has 2 heterocycles. The van der Waals surface area contributed by atoms with Crippen LogP contribution >= 0.6 is 0 Å². The van der Waals surface area contributed by atoms with Crippen molar-refractivity contribution in [3.63, 3.8) is 0 Å². The number of nitrogens with one attached hydrogen (secondary N) is 1. The average Bonchev–Trinajstić information content (AvgIpc) is 3.10. The molecule has 3 rings (SSSR count). The summed E-state index contributed by atoms with van der Waals surface area (Å²) in [7, 11) is 0. The highest BCUT2D eigenvalue weighted by atomic mass is 19.4. The van der Waals surface area contributed by atoms with Gasteiger partial charge in [-0.1, -0.05) is 12.8 Å². The van der Waals surface area contributed by atoms with Crippen LogP contribution in [-0.2, 0) is 5.41 Å². The first-order chi connectivity index (χ1) is 9.05. The van der Waals surface area contributed by atoms with Crippen molar-refractivity contribution in [1.82, 2.24) is 20.1 Å². The zero-order valence-corrected chi connectivity index (χ0v) is 10.6. The van der Waals surface area contributed by atoms with E-state index in [1.165, 1.54) is 6.33 Å². The van der Waals surface area contributed by atoms with Crippen molar-refractivity contribution in [3.05, 3.63) is 12.2 Å². The van der Waals surface area contributed by atoms with Gasteiger partial charge in [-0.2, -0.15) is 13.2 Å². The second kappa shape index (κ2) is 4.47. The highest BCUT2D eigenvalue weighted by Gasteiger charge is 2.60. The van der Waals surface area contributed by atoms with Crippen LogP contribution < -0.4 is 5.32 Å². The van der Waals surface area contributed by atoms with Crippen LogP contribution in [-0.4, -0.2) is 34.0 Å². The first kappa shape index (κ1) is 12.9. The number of hydrogen-bond donors (Lipinski definition) is 1. The molecule has 2 fully saturated rings. The fraction of sp³-hybridized carbons (Fsp3) is 0.833. The standard InChI is InChI=1S/C12H17F3N4/c13-12(14,15)11(5-6-16-7-11)10-18-17-8-19(10)9-3-1-2-4-9/h8-9,16H,1-7H2. The first-order valence-electron chi connectivity index (χ1n) is 6.72. The summed E-state index contributed by atoms with van der Waals surface area (Å²) < 4.78 is 42.2. The normalized spacial score (nSPS) is 29.2. The topological polar surface area (TPSA) is 42.7 Å². The predicted molar refractivity (Wildman–Crippen MR) is 62.7 cm³/mol. The van der Waals surface area contributed by atoms with Crippen molar-refractivity contribution in [1.29, 1.82) is 0 Å². The van der Waals surface area contributed by atoms with E-state index in [4.69, 9.17) is 0 Å². The number of rotatable bonds is 2. The Morgan fingerprint density at radius 3 is 2.63 bits per heavy atom. The van der Waals surface area contributed by atoms with Crippen molar-refractivity contribution >= 4 is 0 Å². The summed E-state index contributed by atoms with van der Waals surface area (Å²) in [6.07, 6.45) is 1.21. The number of nitrogens with zero attached hydrogens (tertiary/aromatic N) is 3. The summed E-state index contributed by atoms with van der Waals surface area (Å²) >= 11 is 0. The van der Waals surface area contributed by atoms with Crippen LogP contribution in [0.15, 0.2) is 6.33 Å². The maximum atomic E-state index is 13.5. The molecule has 7 heteroatoms. The zero-order valence-electron chi connectivity index (χ0n) is 10.6. The maximum Gasteiger partial charge on any atom is 0.402 e. The van der Waals surface area contributed by atoms with E-state index < -0.39 is 11.6 Å². The van der Waals surface area contributed by atoms with Gasteiger partial charge in [0.25, 0.3) is 0 Å². The summed E-state index contributed by atoms with van der Waals surface area (Å²) in [5.41, 5.74) is -1.87. The van der Waals surface area contributed by atoms with Gasteiger partial charge in [0.1, 0.15) is 17.6 Å². The summed E-state index contributed by atoms with van der Waals surface area (Å²) in [6.45, 7) is 0.277. The van der Waals surface area contributed by atoms with Gasteiger partial charge in [0.2, 0.25) is 0 Å². The van der Waals surface area contributed by atoms with Crippen molar-refractivity contribution in [2.45, 2.75) is 49.7 Å². The Morgan fingerprint density at radius 1 is 1.32 bits per heavy atom. The van der Waals surface area contributed by atoms with Crippen LogP contribution in [0.5, 0.6) is 0 Å². The molecular formula is C12H17F3N4. The second-order valence-corrected chi connectivity index (χ2v) is 5.51. The van der Waals surface area contributed by atoms with Crippen LogP contribution in [0.25, 0.3) is 0 Å². The molecule has 1 saturated heterocycles. The van der Waals surface area contributed by atoms with E-state index in [0.717, 1.165) is 25.7 Å². The van der Waals surface area contributed by atoms with Crippen molar-refractivity contribution in [3.8, 4) is 0 Å². The van der Waals surface area contributed by atoms with Crippen LogP contribution in [0.3, 0.4) is 0 Å². The fourth-order valence-electron chi connectivity index (χ4n) is 3.29. The molecular weight excluding hydrogens is 257 g/mol. The zero-order chi connectivity index (χ0) is 13.5. The van der Waals surface area contributed by atoms with E-state index in [0.29, 0.717) is 6.54 Å². The molecule has 0 bridgehead atoms. The van der Waals surface area contributed by atoms with Crippen molar-refractivity contribution in [2.24, 2.45) is 0 Å². The minimum atomic E-state index is -4.29. The minimum Gasteiger partial charge on any atom is -0.315 e. The largest absolute Gasteiger partial charge is 0.402 e. The monoisotopic (exact) mass is 274 g/mol. The van der Waals surface area contributed by atoms with E-state index in [2.05, 4.69) is 15.5 Å². The second-order valence-electron chi connectivity index (χ2n) is 5.51. The predicted octanol–water partition coefficient (Wildman–Crippen LogP) is 2.19. The molecule has 0 spiro atoms. The molecule has 1 atom stereocenters. The fourth-order valence-corrected chi connectivity index (χ4v) is 3.29. The molecule has 4 nitrogen and oxygen atoms in total. The van der Waals surface area contributed by atoms with Crippen LogP contribution in [0.2, 0.25) is 0 Å². The lowest BCUT2D eigenvalue weighted by Gasteiger charge is -2.31. The molecule has 1 aromatic rings. The highest BCUT2D eigenvalue weighted by Crippen LogP contribution is 2.46. The Morgan fingerprint density at radius 2 is 2.05 bits per heavy atom. The van der Waals surface area contributed by atoms with Gasteiger partial charge in [0.15, 0.2) is 0 Å². The van der Waals surface area contributed by atoms with Gasteiger partial charge >= 0.3 is 6.18 Å². The first-order valence-corrected chi connectivity index (χ1v) is 6.72. The molecule has 1 N–H and O–H groups in total. The summed E-state index contributed by atoms with van der Waals surface area (Å²) in [5, 5.41) is 10.4. The number of hydrogen-bond acceptors (Lipinski definition) is 3. The third-order valence-electron chi connectivity index (χ3n) is 4.42. The molecule has 1 unspecified atom stereocenters. The maximum absolute atomic E-state index is 13.5. The number of halogens is 3. The van der Waals surface area contributed by atoms with E-state index in [-0.39, 0.29) is 24.8 Å². The Hall–Kier alpha value is -1.11. The van der Waals surface area contributed by atoms with E-state index in [1.807, 2.05) is 0 Å². The molecule has 1 aliphatic heterocycles. The lowest BCUT2D eigenvalue weighted by Crippen LogP contribution is -2.46. The molecule has 0 radical (unpaired) electrons. The molecule has 106 valence electrons. The van der Waals surface area contributed by atoms with E-state index >= 15 is 0 Å². The lowest BCUT2D eigenvalue weighted by atomic mass is 9.85. The van der Waals surface area contributed by atoms with Gasteiger partial charge < -0.3 is 9.88 Å². The minimum absolute atomic E-state index is 0.0436. The Kier molecular flexibility index (Phi) is 3.03. The highest BCUT2D eigenvalue weighted by molar-refractivity contribution is 5.17. The molecule has 0 amide bonds. The third kappa shape index (κ3) is 1.94. The van der Waals surface area contributed by atoms with Crippen molar-refractivity contribution in [2.75, 3.05) is 13.1 Å². The van der Waals surface area contributed by atoms with Gasteiger partial charge in [0, 0.05) is 12.6 Å². The number of alkyl halides is 3. The number of aromatic nitrogens is 3. The van der Waals surface area contributed by atoms with Crippen molar-refractivity contribution < 1.29 is 13.2 Å². The van der Waals surface area contributed by atoms with Gasteiger partial charge in [-0.15, -0.1) is 10.2 Å². The lowest BCUT2D eigenvalue weighted by molar-refractivity contribution is -0.188. The molecule has 1 aromatic heterocycles. The van der Waals surface area contributed by atoms with Crippen LogP contribution in [0, 0.1) is 0 Å². The SMILES string of the molecule is FC(F)(F)C1(c2nncn2C2CCCC2)CCNC1. The molecule has 19 heavy (non-hydrogen) atoms. The third-order valence-corrected chi connectivity index (χ3v) is 4.42. The summed E-state index contributed by atoms with van der Waals surface area (Å²) in [4.78, 5) is 0. The van der Waals surface area contributed by atoms with Gasteiger partial charge in [-0.05, 0) is 25.8 Å². The molecule has 0 aromatic carbocycles. The van der Waals surface area contributed by atoms with E-state index in [1.54, 1.807) is 4.57 Å². The molecule has 1 saturated carbocycles.